The summed E-state index contributed by atoms with van der Waals surface area (Å²) in [6, 6.07) is 4.09. The molecule has 1 saturated heterocycles. The first-order chi connectivity index (χ1) is 12.1. The number of carbonyl (C=O) groups is 3. The number of aryl methyl sites for hydroxylation is 1. The van der Waals surface area contributed by atoms with Crippen molar-refractivity contribution in [2.45, 2.75) is 58.6 Å². The molecular weight excluding hydrogens is 336 g/mol. The summed E-state index contributed by atoms with van der Waals surface area (Å²) in [4.78, 5) is 37.8. The summed E-state index contributed by atoms with van der Waals surface area (Å²) in [7, 11) is 0. The lowest BCUT2D eigenvalue weighted by molar-refractivity contribution is -0.122. The summed E-state index contributed by atoms with van der Waals surface area (Å²) in [6.45, 7) is 7.50. The van der Waals surface area contributed by atoms with Gasteiger partial charge < -0.3 is 15.2 Å². The number of ether oxygens (including phenoxy) is 1. The van der Waals surface area contributed by atoms with E-state index in [1.807, 2.05) is 0 Å². The minimum absolute atomic E-state index is 0.135. The van der Waals surface area contributed by atoms with Gasteiger partial charge in [-0.1, -0.05) is 6.07 Å². The topological polar surface area (TPSA) is 95.9 Å². The molecule has 2 amide bonds. The van der Waals surface area contributed by atoms with Crippen LogP contribution in [0.1, 0.15) is 56.0 Å². The Morgan fingerprint density at radius 3 is 2.54 bits per heavy atom. The molecule has 7 nitrogen and oxygen atoms in total. The van der Waals surface area contributed by atoms with Crippen molar-refractivity contribution in [2.75, 3.05) is 11.9 Å². The number of nitrogens with zero attached hydrogens (tertiary/aromatic N) is 1. The first-order valence-electron chi connectivity index (χ1n) is 8.73. The molecule has 7 heteroatoms. The van der Waals surface area contributed by atoms with Crippen LogP contribution in [0, 0.1) is 6.92 Å². The van der Waals surface area contributed by atoms with Crippen molar-refractivity contribution in [1.82, 2.24) is 4.90 Å². The van der Waals surface area contributed by atoms with E-state index in [2.05, 4.69) is 5.32 Å². The second kappa shape index (κ2) is 7.76. The highest BCUT2D eigenvalue weighted by Gasteiger charge is 2.34. The molecule has 1 heterocycles. The molecule has 1 aliphatic rings. The van der Waals surface area contributed by atoms with Gasteiger partial charge in [0.15, 0.2) is 0 Å². The van der Waals surface area contributed by atoms with E-state index >= 15 is 0 Å². The third-order valence-corrected chi connectivity index (χ3v) is 4.17. The maximum absolute atomic E-state index is 12.7. The number of carboxylic acids is 1. The van der Waals surface area contributed by atoms with Crippen LogP contribution in [0.4, 0.5) is 10.5 Å². The monoisotopic (exact) mass is 362 g/mol. The second-order valence-electron chi connectivity index (χ2n) is 7.51. The van der Waals surface area contributed by atoms with Gasteiger partial charge in [0.1, 0.15) is 11.6 Å². The van der Waals surface area contributed by atoms with Crippen LogP contribution >= 0.6 is 0 Å². The molecule has 0 aliphatic carbocycles. The van der Waals surface area contributed by atoms with Crippen molar-refractivity contribution < 1.29 is 24.2 Å². The molecule has 2 rings (SSSR count). The molecule has 0 unspecified atom stereocenters. The molecule has 1 aliphatic heterocycles. The van der Waals surface area contributed by atoms with E-state index in [0.717, 1.165) is 12.8 Å². The fraction of sp³-hybridized carbons (Fsp3) is 0.526. The van der Waals surface area contributed by atoms with Gasteiger partial charge in [0.2, 0.25) is 5.91 Å². The van der Waals surface area contributed by atoms with Gasteiger partial charge in [0.25, 0.3) is 0 Å². The van der Waals surface area contributed by atoms with Crippen molar-refractivity contribution in [3.8, 4) is 0 Å². The van der Waals surface area contributed by atoms with Crippen molar-refractivity contribution in [1.29, 1.82) is 0 Å². The average molecular weight is 362 g/mol. The van der Waals surface area contributed by atoms with Crippen molar-refractivity contribution in [2.24, 2.45) is 0 Å². The Kier molecular flexibility index (Phi) is 5.90. The van der Waals surface area contributed by atoms with Crippen LogP contribution in [0.2, 0.25) is 0 Å². The third-order valence-electron chi connectivity index (χ3n) is 4.17. The van der Waals surface area contributed by atoms with Crippen LogP contribution in [0.5, 0.6) is 0 Å². The minimum Gasteiger partial charge on any atom is -0.478 e. The molecule has 2 N–H and O–H groups in total. The van der Waals surface area contributed by atoms with Crippen molar-refractivity contribution >= 4 is 23.7 Å². The summed E-state index contributed by atoms with van der Waals surface area (Å²) < 4.78 is 5.40. The Morgan fingerprint density at radius 2 is 1.92 bits per heavy atom. The number of likely N-dealkylation sites (tertiary alicyclic amines) is 1. The smallest absolute Gasteiger partial charge is 0.410 e. The lowest BCUT2D eigenvalue weighted by Crippen LogP contribution is -2.51. The summed E-state index contributed by atoms with van der Waals surface area (Å²) >= 11 is 0. The number of hydrogen-bond donors (Lipinski definition) is 2. The normalized spacial score (nSPS) is 17.5. The molecule has 1 fully saturated rings. The molecule has 1 aromatic carbocycles. The molecule has 1 aromatic rings. The fourth-order valence-corrected chi connectivity index (χ4v) is 2.90. The Labute approximate surface area is 153 Å². The van der Waals surface area contributed by atoms with E-state index in [-0.39, 0.29) is 11.5 Å². The molecule has 0 spiro atoms. The van der Waals surface area contributed by atoms with E-state index in [9.17, 15) is 19.5 Å². The lowest BCUT2D eigenvalue weighted by atomic mass is 10.0. The number of carbonyl (C=O) groups excluding carboxylic acids is 2. The van der Waals surface area contributed by atoms with Gasteiger partial charge in [-0.3, -0.25) is 9.69 Å². The van der Waals surface area contributed by atoms with Crippen LogP contribution in [-0.4, -0.2) is 46.2 Å². The number of aromatic carboxylic acids is 1. The molecular formula is C19H26N2O5. The van der Waals surface area contributed by atoms with Gasteiger partial charge in [-0.15, -0.1) is 0 Å². The van der Waals surface area contributed by atoms with Crippen LogP contribution in [0.25, 0.3) is 0 Å². The highest BCUT2D eigenvalue weighted by Crippen LogP contribution is 2.22. The minimum atomic E-state index is -1.05. The molecule has 1 atom stereocenters. The highest BCUT2D eigenvalue weighted by atomic mass is 16.6. The van der Waals surface area contributed by atoms with Crippen molar-refractivity contribution in [3.63, 3.8) is 0 Å². The summed E-state index contributed by atoms with van der Waals surface area (Å²) in [5.74, 6) is -1.39. The predicted octanol–water partition coefficient (Wildman–Crippen LogP) is 3.42. The van der Waals surface area contributed by atoms with E-state index in [4.69, 9.17) is 4.74 Å². The standard InChI is InChI=1S/C19H26N2O5/c1-12-8-9-13(11-14(12)17(23)24)20-16(22)15-7-5-6-10-21(15)18(25)26-19(2,3)4/h8-9,11,15H,5-7,10H2,1-4H3,(H,20,22)(H,23,24)/t15-/m1/s1. The second-order valence-corrected chi connectivity index (χ2v) is 7.51. The number of amides is 2. The average Bonchev–Trinajstić information content (AvgIpc) is 2.54. The van der Waals surface area contributed by atoms with Crippen LogP contribution in [0.3, 0.4) is 0 Å². The molecule has 0 bridgehead atoms. The molecule has 142 valence electrons. The van der Waals surface area contributed by atoms with E-state index in [0.29, 0.717) is 24.2 Å². The van der Waals surface area contributed by atoms with Gasteiger partial charge in [-0.25, -0.2) is 9.59 Å². The van der Waals surface area contributed by atoms with Crippen LogP contribution < -0.4 is 5.32 Å². The zero-order valence-corrected chi connectivity index (χ0v) is 15.7. The maximum atomic E-state index is 12.7. The number of anilines is 1. The zero-order valence-electron chi connectivity index (χ0n) is 15.7. The fourth-order valence-electron chi connectivity index (χ4n) is 2.90. The number of rotatable bonds is 3. The first kappa shape index (κ1) is 19.8. The van der Waals surface area contributed by atoms with Crippen LogP contribution in [-0.2, 0) is 9.53 Å². The zero-order chi connectivity index (χ0) is 19.5. The SMILES string of the molecule is Cc1ccc(NC(=O)[C@H]2CCCCN2C(=O)OC(C)(C)C)cc1C(=O)O. The van der Waals surface area contributed by atoms with Gasteiger partial charge in [-0.2, -0.15) is 0 Å². The Balaban J connectivity index is 2.15. The van der Waals surface area contributed by atoms with Gasteiger partial charge in [0.05, 0.1) is 5.56 Å². The van der Waals surface area contributed by atoms with Gasteiger partial charge >= 0.3 is 12.1 Å². The first-order valence-corrected chi connectivity index (χ1v) is 8.73. The van der Waals surface area contributed by atoms with E-state index in [1.165, 1.54) is 11.0 Å². The van der Waals surface area contributed by atoms with Crippen LogP contribution in [0.15, 0.2) is 18.2 Å². The van der Waals surface area contributed by atoms with Gasteiger partial charge in [0, 0.05) is 12.2 Å². The largest absolute Gasteiger partial charge is 0.478 e. The van der Waals surface area contributed by atoms with E-state index in [1.54, 1.807) is 39.8 Å². The predicted molar refractivity (Wildman–Crippen MR) is 97.3 cm³/mol. The number of nitrogens with one attached hydrogen (secondary N) is 1. The summed E-state index contributed by atoms with van der Waals surface area (Å²) in [6.07, 6.45) is 1.69. The Hall–Kier alpha value is -2.57. The van der Waals surface area contributed by atoms with Gasteiger partial charge in [-0.05, 0) is 64.7 Å². The lowest BCUT2D eigenvalue weighted by Gasteiger charge is -2.35. The molecule has 0 radical (unpaired) electrons. The Morgan fingerprint density at radius 1 is 1.23 bits per heavy atom. The number of carboxylic acid groups (broad SMARTS) is 1. The summed E-state index contributed by atoms with van der Waals surface area (Å²) in [5, 5.41) is 11.9. The van der Waals surface area contributed by atoms with E-state index < -0.39 is 23.7 Å². The quantitative estimate of drug-likeness (QED) is 0.859. The number of hydrogen-bond acceptors (Lipinski definition) is 4. The van der Waals surface area contributed by atoms with Crippen molar-refractivity contribution in [3.05, 3.63) is 29.3 Å². The Bertz CT molecular complexity index is 708. The molecule has 0 saturated carbocycles. The number of piperidine rings is 1. The molecule has 0 aromatic heterocycles. The third kappa shape index (κ3) is 4.97. The molecule has 26 heavy (non-hydrogen) atoms. The number of benzene rings is 1. The summed E-state index contributed by atoms with van der Waals surface area (Å²) in [5.41, 5.74) is 0.509. The maximum Gasteiger partial charge on any atom is 0.410 e. The highest BCUT2D eigenvalue weighted by molar-refractivity contribution is 5.98.